The van der Waals surface area contributed by atoms with Crippen molar-refractivity contribution in [3.63, 3.8) is 0 Å². The molecule has 0 aliphatic carbocycles. The Morgan fingerprint density at radius 1 is 0.524 bits per heavy atom. The van der Waals surface area contributed by atoms with Crippen LogP contribution in [0.5, 0.6) is 0 Å². The number of nitrogens with two attached hydrogens (primary N) is 2. The molecule has 0 radical (unpaired) electrons. The lowest BCUT2D eigenvalue weighted by Crippen LogP contribution is -2.12. The Morgan fingerprint density at radius 3 is 1.00 bits per heavy atom. The second-order valence-corrected chi connectivity index (χ2v) is 3.12. The molecule has 0 bridgehead atoms. The largest absolute Gasteiger partial charge is 0.379 e. The van der Waals surface area contributed by atoms with Crippen LogP contribution in [0.1, 0.15) is 57.2 Å². The third-order valence-corrected chi connectivity index (χ3v) is 1.73. The average Bonchev–Trinajstić information content (AvgIpc) is 2.58. The van der Waals surface area contributed by atoms with Crippen molar-refractivity contribution in [2.75, 3.05) is 52.7 Å². The summed E-state index contributed by atoms with van der Waals surface area (Å²) in [5, 5.41) is 0. The van der Waals surface area contributed by atoms with E-state index in [9.17, 15) is 0 Å². The van der Waals surface area contributed by atoms with Crippen LogP contribution in [-0.2, 0) is 14.2 Å². The summed E-state index contributed by atoms with van der Waals surface area (Å²) in [6.45, 7) is 17.3. The summed E-state index contributed by atoms with van der Waals surface area (Å²) >= 11 is 0. The fraction of sp³-hybridized carbons (Fsp3) is 1.00. The van der Waals surface area contributed by atoms with Crippen molar-refractivity contribution in [2.24, 2.45) is 11.5 Å². The van der Waals surface area contributed by atoms with E-state index in [4.69, 9.17) is 25.7 Å². The highest BCUT2D eigenvalue weighted by Crippen LogP contribution is 1.84. The van der Waals surface area contributed by atoms with Crippen molar-refractivity contribution in [1.82, 2.24) is 0 Å². The molecule has 0 aromatic heterocycles. The van der Waals surface area contributed by atoms with E-state index < -0.39 is 0 Å². The molecule has 0 atom stereocenters. The van der Waals surface area contributed by atoms with Gasteiger partial charge in [0.15, 0.2) is 0 Å². The first-order valence-electron chi connectivity index (χ1n) is 8.55. The topological polar surface area (TPSA) is 79.7 Å². The van der Waals surface area contributed by atoms with E-state index in [2.05, 4.69) is 0 Å². The lowest BCUT2D eigenvalue weighted by atomic mass is 10.5. The van der Waals surface area contributed by atoms with Gasteiger partial charge in [-0.25, -0.2) is 0 Å². The fourth-order valence-corrected chi connectivity index (χ4v) is 0.913. The van der Waals surface area contributed by atoms with Crippen LogP contribution in [0.2, 0.25) is 0 Å². The van der Waals surface area contributed by atoms with Gasteiger partial charge >= 0.3 is 0 Å². The monoisotopic (exact) mass is 314 g/mol. The summed E-state index contributed by atoms with van der Waals surface area (Å²) in [7, 11) is 0. The summed E-state index contributed by atoms with van der Waals surface area (Å²) in [5.41, 5.74) is 10.6. The molecule has 0 aromatic carbocycles. The normalized spacial score (nSPS) is 8.57. The van der Waals surface area contributed by atoms with Gasteiger partial charge in [0.25, 0.3) is 0 Å². The molecule has 21 heavy (non-hydrogen) atoms. The fourth-order valence-electron chi connectivity index (χ4n) is 0.913. The van der Waals surface area contributed by atoms with Gasteiger partial charge < -0.3 is 25.7 Å². The molecule has 5 nitrogen and oxygen atoms in total. The molecule has 0 aliphatic rings. The maximum absolute atomic E-state index is 5.31. The highest BCUT2D eigenvalue weighted by atomic mass is 16.5. The molecule has 0 fully saturated rings. The highest BCUT2D eigenvalue weighted by molar-refractivity contribution is 4.38. The van der Waals surface area contributed by atoms with Gasteiger partial charge in [0.1, 0.15) is 0 Å². The van der Waals surface area contributed by atoms with Gasteiger partial charge in [-0.1, -0.05) is 41.5 Å². The van der Waals surface area contributed by atoms with E-state index in [1.807, 2.05) is 41.5 Å². The molecule has 0 amide bonds. The third kappa shape index (κ3) is 45.1. The van der Waals surface area contributed by atoms with Crippen LogP contribution in [0.4, 0.5) is 0 Å². The Morgan fingerprint density at radius 2 is 0.762 bits per heavy atom. The molecule has 0 saturated carbocycles. The zero-order valence-electron chi connectivity index (χ0n) is 15.5. The molecular formula is C16H46N2O3. The predicted molar refractivity (Wildman–Crippen MR) is 98.1 cm³/mol. The Kier molecular flexibility index (Phi) is 58.8. The quantitative estimate of drug-likeness (QED) is 0.540. The molecule has 4 N–H and O–H groups in total. The lowest BCUT2D eigenvalue weighted by molar-refractivity contribution is 0.0143. The van der Waals surface area contributed by atoms with E-state index in [1.54, 1.807) is 0 Å². The summed E-state index contributed by atoms with van der Waals surface area (Å²) in [5.74, 6) is 0. The predicted octanol–water partition coefficient (Wildman–Crippen LogP) is 3.30. The van der Waals surface area contributed by atoms with E-state index in [0.29, 0.717) is 52.7 Å². The van der Waals surface area contributed by atoms with Gasteiger partial charge in [-0.2, -0.15) is 0 Å². The average molecular weight is 315 g/mol. The molecule has 0 aliphatic heterocycles. The Hall–Kier alpha value is -0.200. The minimum absolute atomic E-state index is 0. The Labute approximate surface area is 136 Å². The zero-order valence-corrected chi connectivity index (χ0v) is 15.5. The van der Waals surface area contributed by atoms with Crippen molar-refractivity contribution in [3.05, 3.63) is 0 Å². The maximum atomic E-state index is 5.31. The van der Waals surface area contributed by atoms with Crippen LogP contribution in [0.15, 0.2) is 0 Å². The molecule has 5 heteroatoms. The van der Waals surface area contributed by atoms with Crippen molar-refractivity contribution < 1.29 is 17.1 Å². The van der Waals surface area contributed by atoms with Crippen molar-refractivity contribution in [3.8, 4) is 0 Å². The minimum Gasteiger partial charge on any atom is -0.379 e. The molecular weight excluding hydrogens is 268 g/mol. The van der Waals surface area contributed by atoms with Gasteiger partial charge in [-0.05, 0) is 25.9 Å². The van der Waals surface area contributed by atoms with Crippen molar-refractivity contribution in [1.29, 1.82) is 0 Å². The Bertz CT molecular complexity index is 115. The third-order valence-electron chi connectivity index (χ3n) is 1.73. The van der Waals surface area contributed by atoms with Crippen LogP contribution >= 0.6 is 0 Å². The minimum atomic E-state index is 0. The number of rotatable bonds is 12. The van der Waals surface area contributed by atoms with Gasteiger partial charge in [-0.15, -0.1) is 0 Å². The van der Waals surface area contributed by atoms with E-state index >= 15 is 0 Å². The van der Waals surface area contributed by atoms with Gasteiger partial charge in [0, 0.05) is 16.1 Å². The standard InChI is InChI=1S/C10H24N2O3.3C2H6.2H2/c11-3-1-5-13-7-9-15-10-8-14-6-2-4-12;3*1-2;;/h1-12H2;3*1-2H3;2*1H. The zero-order chi connectivity index (χ0) is 17.2. The first kappa shape index (κ1) is 28.9. The second kappa shape index (κ2) is 42.7. The number of hydrogen-bond donors (Lipinski definition) is 2. The first-order chi connectivity index (χ1) is 10.4. The Balaban J connectivity index is -0.0000000804. The highest BCUT2D eigenvalue weighted by Gasteiger charge is 1.91. The molecule has 138 valence electrons. The van der Waals surface area contributed by atoms with Gasteiger partial charge in [0.05, 0.1) is 26.4 Å². The summed E-state index contributed by atoms with van der Waals surface area (Å²) in [6.07, 6.45) is 1.81. The van der Waals surface area contributed by atoms with Crippen LogP contribution in [0, 0.1) is 0 Å². The molecule has 0 spiro atoms. The maximum Gasteiger partial charge on any atom is 0.0701 e. The molecule has 0 saturated heterocycles. The van der Waals surface area contributed by atoms with Gasteiger partial charge in [-0.3, -0.25) is 0 Å². The first-order valence-corrected chi connectivity index (χ1v) is 8.55. The van der Waals surface area contributed by atoms with E-state index in [1.165, 1.54) is 0 Å². The molecule has 0 heterocycles. The van der Waals surface area contributed by atoms with Gasteiger partial charge in [0.2, 0.25) is 0 Å². The van der Waals surface area contributed by atoms with Crippen LogP contribution < -0.4 is 11.5 Å². The number of ether oxygens (including phenoxy) is 3. The molecule has 0 rings (SSSR count). The van der Waals surface area contributed by atoms with Crippen LogP contribution in [-0.4, -0.2) is 52.7 Å². The van der Waals surface area contributed by atoms with Crippen LogP contribution in [0.25, 0.3) is 0 Å². The summed E-state index contributed by atoms with van der Waals surface area (Å²) in [6, 6.07) is 0. The smallest absolute Gasteiger partial charge is 0.0701 e. The summed E-state index contributed by atoms with van der Waals surface area (Å²) < 4.78 is 15.8. The van der Waals surface area contributed by atoms with E-state index in [-0.39, 0.29) is 2.85 Å². The lowest BCUT2D eigenvalue weighted by Gasteiger charge is -2.06. The van der Waals surface area contributed by atoms with E-state index in [0.717, 1.165) is 12.8 Å². The number of hydrogen-bond acceptors (Lipinski definition) is 5. The summed E-state index contributed by atoms with van der Waals surface area (Å²) in [4.78, 5) is 0. The second-order valence-electron chi connectivity index (χ2n) is 3.12. The van der Waals surface area contributed by atoms with Crippen LogP contribution in [0.3, 0.4) is 0 Å². The SMILES string of the molecule is CC.CC.CC.NCCCOCCOCCOCCCN.[HH].[HH]. The molecule has 0 aromatic rings. The molecule has 0 unspecified atom stereocenters. The van der Waals surface area contributed by atoms with Crippen molar-refractivity contribution in [2.45, 2.75) is 54.4 Å². The van der Waals surface area contributed by atoms with Crippen molar-refractivity contribution >= 4 is 0 Å².